The van der Waals surface area contributed by atoms with E-state index in [1.165, 1.54) is 17.0 Å². The summed E-state index contributed by atoms with van der Waals surface area (Å²) in [6.45, 7) is 0.00990. The highest BCUT2D eigenvalue weighted by Gasteiger charge is 2.36. The number of para-hydroxylation sites is 1. The van der Waals surface area contributed by atoms with Gasteiger partial charge in [-0.05, 0) is 30.3 Å². The van der Waals surface area contributed by atoms with Gasteiger partial charge >= 0.3 is 0 Å². The van der Waals surface area contributed by atoms with E-state index in [0.29, 0.717) is 44.1 Å². The number of aromatic nitrogens is 2. The Hall–Kier alpha value is -3.35. The first kappa shape index (κ1) is 18.7. The molecule has 0 radical (unpaired) electrons. The predicted octanol–water partition coefficient (Wildman–Crippen LogP) is 4.74. The maximum absolute atomic E-state index is 13.9. The molecule has 3 aromatic carbocycles. The summed E-state index contributed by atoms with van der Waals surface area (Å²) in [7, 11) is 0. The lowest BCUT2D eigenvalue weighted by Gasteiger charge is -2.22. The molecule has 1 atom stereocenters. The quantitative estimate of drug-likeness (QED) is 0.521. The fourth-order valence-corrected chi connectivity index (χ4v) is 3.94. The third-order valence-corrected chi connectivity index (χ3v) is 5.47. The summed E-state index contributed by atoms with van der Waals surface area (Å²) in [6, 6.07) is 18.2. The van der Waals surface area contributed by atoms with Crippen LogP contribution in [0.3, 0.4) is 0 Å². The van der Waals surface area contributed by atoms with Gasteiger partial charge in [0.1, 0.15) is 11.3 Å². The van der Waals surface area contributed by atoms with Gasteiger partial charge in [-0.2, -0.15) is 0 Å². The van der Waals surface area contributed by atoms with Crippen LogP contribution in [0, 0.1) is 5.82 Å². The van der Waals surface area contributed by atoms with Gasteiger partial charge in [0.2, 0.25) is 0 Å². The monoisotopic (exact) mass is 419 g/mol. The number of carbonyl (C=O) groups excluding carboxylic acids is 1. The summed E-state index contributed by atoms with van der Waals surface area (Å²) < 4.78 is 13.9. The molecule has 0 spiro atoms. The van der Waals surface area contributed by atoms with Crippen molar-refractivity contribution in [3.63, 3.8) is 0 Å². The molecule has 5 nitrogen and oxygen atoms in total. The number of nitrogens with zero attached hydrogens (tertiary/aromatic N) is 3. The summed E-state index contributed by atoms with van der Waals surface area (Å²) in [5.41, 5.74) is 3.40. The minimum atomic E-state index is -1.09. The molecule has 7 heteroatoms. The molecule has 1 amide bonds. The van der Waals surface area contributed by atoms with Crippen molar-refractivity contribution in [3.8, 4) is 11.3 Å². The molecule has 2 heterocycles. The molecule has 1 aliphatic heterocycles. The fourth-order valence-electron chi connectivity index (χ4n) is 3.73. The molecule has 0 fully saturated rings. The number of aliphatic hydroxyl groups excluding tert-OH is 1. The van der Waals surface area contributed by atoms with Crippen LogP contribution >= 0.6 is 11.6 Å². The van der Waals surface area contributed by atoms with Gasteiger partial charge in [-0.3, -0.25) is 4.79 Å². The Bertz CT molecular complexity index is 1310. The molecule has 0 saturated carbocycles. The van der Waals surface area contributed by atoms with E-state index in [4.69, 9.17) is 11.6 Å². The topological polar surface area (TPSA) is 66.3 Å². The molecule has 5 rings (SSSR count). The zero-order chi connectivity index (χ0) is 20.8. The molecule has 148 valence electrons. The number of hydrogen-bond donors (Lipinski definition) is 1. The SMILES string of the molecule is O=C1c2ccccc2C(O)N1Cc1nc2cccc(Cl)c2nc1-c1cccc(F)c1. The molecular formula is C23H15ClFN3O2. The maximum atomic E-state index is 13.9. The van der Waals surface area contributed by atoms with Crippen molar-refractivity contribution >= 4 is 28.5 Å². The van der Waals surface area contributed by atoms with Crippen LogP contribution in [-0.2, 0) is 6.54 Å². The number of fused-ring (bicyclic) bond motifs is 2. The number of amides is 1. The van der Waals surface area contributed by atoms with Crippen molar-refractivity contribution in [1.29, 1.82) is 0 Å². The van der Waals surface area contributed by atoms with Gasteiger partial charge in [-0.15, -0.1) is 0 Å². The lowest BCUT2D eigenvalue weighted by atomic mass is 10.1. The molecule has 4 aromatic rings. The van der Waals surface area contributed by atoms with Crippen LogP contribution in [0.4, 0.5) is 4.39 Å². The molecule has 1 aliphatic rings. The van der Waals surface area contributed by atoms with Crippen molar-refractivity contribution in [2.45, 2.75) is 12.8 Å². The standard InChI is InChI=1S/C23H15ClFN3O2/c24-17-9-4-10-18-21(17)27-20(13-5-3-6-14(25)11-13)19(26-18)12-28-22(29)15-7-1-2-8-16(15)23(28)30/h1-11,22,29H,12H2. The number of rotatable bonds is 3. The fraction of sp³-hybridized carbons (Fsp3) is 0.0870. The van der Waals surface area contributed by atoms with Gasteiger partial charge < -0.3 is 10.0 Å². The summed E-state index contributed by atoms with van der Waals surface area (Å²) in [5.74, 6) is -0.708. The van der Waals surface area contributed by atoms with Crippen LogP contribution in [0.1, 0.15) is 27.8 Å². The van der Waals surface area contributed by atoms with Crippen LogP contribution in [0.25, 0.3) is 22.3 Å². The minimum absolute atomic E-state index is 0.00990. The first-order chi connectivity index (χ1) is 14.5. The third kappa shape index (κ3) is 3.01. The van der Waals surface area contributed by atoms with Gasteiger partial charge in [0.15, 0.2) is 6.23 Å². The van der Waals surface area contributed by atoms with E-state index in [0.717, 1.165) is 0 Å². The number of benzene rings is 3. The van der Waals surface area contributed by atoms with Crippen LogP contribution in [0.5, 0.6) is 0 Å². The molecule has 0 bridgehead atoms. The van der Waals surface area contributed by atoms with E-state index in [1.54, 1.807) is 54.6 Å². The Morgan fingerprint density at radius 2 is 1.83 bits per heavy atom. The van der Waals surface area contributed by atoms with E-state index in [1.807, 2.05) is 0 Å². The second-order valence-electron chi connectivity index (χ2n) is 7.03. The highest BCUT2D eigenvalue weighted by Crippen LogP contribution is 2.35. The largest absolute Gasteiger partial charge is 0.369 e. The van der Waals surface area contributed by atoms with Crippen molar-refractivity contribution in [3.05, 3.63) is 94.4 Å². The van der Waals surface area contributed by atoms with E-state index >= 15 is 0 Å². The van der Waals surface area contributed by atoms with Crippen molar-refractivity contribution in [2.75, 3.05) is 0 Å². The summed E-state index contributed by atoms with van der Waals surface area (Å²) >= 11 is 6.30. The van der Waals surface area contributed by atoms with Crippen molar-refractivity contribution in [2.24, 2.45) is 0 Å². The Morgan fingerprint density at radius 3 is 2.63 bits per heavy atom. The zero-order valence-corrected chi connectivity index (χ0v) is 16.3. The zero-order valence-electron chi connectivity index (χ0n) is 15.6. The average molecular weight is 420 g/mol. The molecule has 30 heavy (non-hydrogen) atoms. The summed E-state index contributed by atoms with van der Waals surface area (Å²) in [6.07, 6.45) is -1.09. The molecule has 1 N–H and O–H groups in total. The van der Waals surface area contributed by atoms with Crippen LogP contribution in [0.2, 0.25) is 5.02 Å². The van der Waals surface area contributed by atoms with Gasteiger partial charge in [-0.1, -0.05) is 48.0 Å². The normalized spacial score (nSPS) is 15.6. The van der Waals surface area contributed by atoms with E-state index in [-0.39, 0.29) is 12.5 Å². The number of halogens is 2. The lowest BCUT2D eigenvalue weighted by molar-refractivity contribution is 0.0133. The number of aliphatic hydroxyl groups is 1. The van der Waals surface area contributed by atoms with Crippen molar-refractivity contribution in [1.82, 2.24) is 14.9 Å². The lowest BCUT2D eigenvalue weighted by Crippen LogP contribution is -2.28. The maximum Gasteiger partial charge on any atom is 0.256 e. The van der Waals surface area contributed by atoms with E-state index < -0.39 is 12.0 Å². The second-order valence-corrected chi connectivity index (χ2v) is 7.44. The first-order valence-corrected chi connectivity index (χ1v) is 9.70. The smallest absolute Gasteiger partial charge is 0.256 e. The van der Waals surface area contributed by atoms with Crippen molar-refractivity contribution < 1.29 is 14.3 Å². The van der Waals surface area contributed by atoms with Gasteiger partial charge in [0, 0.05) is 16.7 Å². The molecule has 0 aliphatic carbocycles. The number of hydrogen-bond acceptors (Lipinski definition) is 4. The van der Waals surface area contributed by atoms with Gasteiger partial charge in [0.25, 0.3) is 5.91 Å². The summed E-state index contributed by atoms with van der Waals surface area (Å²) in [5, 5.41) is 11.1. The van der Waals surface area contributed by atoms with E-state index in [2.05, 4.69) is 9.97 Å². The highest BCUT2D eigenvalue weighted by molar-refractivity contribution is 6.34. The Labute approximate surface area is 176 Å². The third-order valence-electron chi connectivity index (χ3n) is 5.16. The Morgan fingerprint density at radius 1 is 1.03 bits per heavy atom. The van der Waals surface area contributed by atoms with E-state index in [9.17, 15) is 14.3 Å². The summed E-state index contributed by atoms with van der Waals surface area (Å²) in [4.78, 5) is 23.5. The second kappa shape index (κ2) is 7.16. The van der Waals surface area contributed by atoms with Crippen LogP contribution in [-0.4, -0.2) is 25.9 Å². The van der Waals surface area contributed by atoms with Crippen LogP contribution < -0.4 is 0 Å². The molecule has 1 unspecified atom stereocenters. The minimum Gasteiger partial charge on any atom is -0.369 e. The molecule has 1 aromatic heterocycles. The Balaban J connectivity index is 1.65. The molecule has 0 saturated heterocycles. The Kier molecular flexibility index (Phi) is 4.46. The predicted molar refractivity (Wildman–Crippen MR) is 111 cm³/mol. The van der Waals surface area contributed by atoms with Gasteiger partial charge in [-0.25, -0.2) is 14.4 Å². The average Bonchev–Trinajstić information content (AvgIpc) is 2.99. The number of carbonyl (C=O) groups is 1. The van der Waals surface area contributed by atoms with Crippen LogP contribution in [0.15, 0.2) is 66.7 Å². The molecular weight excluding hydrogens is 405 g/mol. The van der Waals surface area contributed by atoms with Gasteiger partial charge in [0.05, 0.1) is 28.5 Å². The highest BCUT2D eigenvalue weighted by atomic mass is 35.5. The first-order valence-electron chi connectivity index (χ1n) is 9.32.